The van der Waals surface area contributed by atoms with Crippen LogP contribution >= 0.6 is 8.25 Å². The number of rotatable bonds is 3. The molecule has 0 heterocycles. The summed E-state index contributed by atoms with van der Waals surface area (Å²) in [7, 11) is -2.59. The Kier molecular flexibility index (Phi) is 6.20. The molecule has 1 atom stereocenters. The minimum absolute atomic E-state index is 0. The molecule has 0 saturated heterocycles. The second-order valence-corrected chi connectivity index (χ2v) is 3.88. The van der Waals surface area contributed by atoms with Crippen molar-refractivity contribution in [2.24, 2.45) is 0 Å². The molecule has 0 saturated carbocycles. The SMILES string of the molecule is O=[P+](O)Oc1ccc(-c2ccccc2)cc1.[Nd]. The Bertz CT molecular complexity index is 485. The molecule has 0 aliphatic carbocycles. The summed E-state index contributed by atoms with van der Waals surface area (Å²) in [5, 5.41) is 0. The zero-order chi connectivity index (χ0) is 11.4. The minimum atomic E-state index is -2.59. The Hall–Kier alpha value is -0.349. The van der Waals surface area contributed by atoms with Crippen molar-refractivity contribution >= 4 is 8.25 Å². The molecule has 84 valence electrons. The summed E-state index contributed by atoms with van der Waals surface area (Å²) in [5.41, 5.74) is 2.14. The van der Waals surface area contributed by atoms with Crippen LogP contribution in [0.25, 0.3) is 11.1 Å². The van der Waals surface area contributed by atoms with E-state index in [4.69, 9.17) is 4.89 Å². The summed E-state index contributed by atoms with van der Waals surface area (Å²) in [4.78, 5) is 8.58. The third-order valence-corrected chi connectivity index (χ3v) is 2.51. The molecule has 1 unspecified atom stereocenters. The molecule has 0 aliphatic rings. The summed E-state index contributed by atoms with van der Waals surface area (Å²) in [5.74, 6) is 0.392. The van der Waals surface area contributed by atoms with E-state index in [0.717, 1.165) is 11.1 Å². The van der Waals surface area contributed by atoms with Crippen LogP contribution < -0.4 is 4.52 Å². The van der Waals surface area contributed by atoms with Gasteiger partial charge in [-0.3, -0.25) is 0 Å². The first kappa shape index (κ1) is 14.7. The Morgan fingerprint density at radius 3 is 1.94 bits per heavy atom. The zero-order valence-corrected chi connectivity index (χ0v) is 13.0. The average molecular weight is 377 g/mol. The fourth-order valence-electron chi connectivity index (χ4n) is 1.43. The molecule has 2 rings (SSSR count). The van der Waals surface area contributed by atoms with Crippen molar-refractivity contribution in [3.05, 3.63) is 54.6 Å². The van der Waals surface area contributed by atoms with Gasteiger partial charge in [0.15, 0.2) is 5.75 Å². The number of hydrogen-bond donors (Lipinski definition) is 1. The van der Waals surface area contributed by atoms with Gasteiger partial charge >= 0.3 is 8.25 Å². The van der Waals surface area contributed by atoms with Crippen molar-refractivity contribution < 1.29 is 54.8 Å². The number of hydrogen-bond acceptors (Lipinski definition) is 2. The van der Waals surface area contributed by atoms with Gasteiger partial charge in [0.05, 0.1) is 0 Å². The van der Waals surface area contributed by atoms with E-state index in [1.54, 1.807) is 12.1 Å². The Labute approximate surface area is 133 Å². The van der Waals surface area contributed by atoms with E-state index >= 15 is 0 Å². The van der Waals surface area contributed by atoms with Gasteiger partial charge in [0.25, 0.3) is 0 Å². The summed E-state index contributed by atoms with van der Waals surface area (Å²) >= 11 is 0. The van der Waals surface area contributed by atoms with Gasteiger partial charge in [-0.1, -0.05) is 42.5 Å². The maximum absolute atomic E-state index is 10.4. The van der Waals surface area contributed by atoms with Gasteiger partial charge in [-0.2, -0.15) is 0 Å². The first-order valence-electron chi connectivity index (χ1n) is 4.75. The maximum atomic E-state index is 10.4. The minimum Gasteiger partial charge on any atom is -0.229 e. The van der Waals surface area contributed by atoms with Crippen molar-refractivity contribution in [2.45, 2.75) is 0 Å². The predicted molar refractivity (Wildman–Crippen MR) is 62.3 cm³/mol. The van der Waals surface area contributed by atoms with E-state index in [9.17, 15) is 4.57 Å². The second kappa shape index (κ2) is 7.17. The standard InChI is InChI=1S/C12H9O3P.Nd/c13-16(14)15-12-8-6-11(7-9-12)10-4-2-1-3-5-10;/h1-9H;/p+1. The topological polar surface area (TPSA) is 46.5 Å². The van der Waals surface area contributed by atoms with Crippen LogP contribution in [0, 0.1) is 40.8 Å². The van der Waals surface area contributed by atoms with Crippen LogP contribution in [0.15, 0.2) is 54.6 Å². The smallest absolute Gasteiger partial charge is 0.229 e. The molecule has 0 spiro atoms. The fraction of sp³-hybridized carbons (Fsp3) is 0. The fourth-order valence-corrected chi connectivity index (χ4v) is 1.73. The van der Waals surface area contributed by atoms with Gasteiger partial charge in [-0.15, -0.1) is 4.89 Å². The largest absolute Gasteiger partial charge is 0.747 e. The maximum Gasteiger partial charge on any atom is 0.747 e. The van der Waals surface area contributed by atoms with Crippen LogP contribution in [-0.2, 0) is 4.57 Å². The summed E-state index contributed by atoms with van der Waals surface area (Å²) < 4.78 is 15.1. The summed E-state index contributed by atoms with van der Waals surface area (Å²) in [6.07, 6.45) is 0. The van der Waals surface area contributed by atoms with Gasteiger partial charge in [-0.25, -0.2) is 4.52 Å². The zero-order valence-electron chi connectivity index (χ0n) is 8.91. The van der Waals surface area contributed by atoms with Crippen molar-refractivity contribution in [2.75, 3.05) is 0 Å². The second-order valence-electron chi connectivity index (χ2n) is 3.22. The molecule has 2 aromatic carbocycles. The molecule has 0 aliphatic heterocycles. The van der Waals surface area contributed by atoms with Crippen molar-refractivity contribution in [1.82, 2.24) is 0 Å². The van der Waals surface area contributed by atoms with E-state index in [2.05, 4.69) is 4.52 Å². The van der Waals surface area contributed by atoms with Gasteiger partial charge in [-0.05, 0) is 23.3 Å². The molecule has 0 bridgehead atoms. The van der Waals surface area contributed by atoms with Crippen LogP contribution in [0.4, 0.5) is 0 Å². The molecule has 0 amide bonds. The van der Waals surface area contributed by atoms with Crippen LogP contribution in [0.3, 0.4) is 0 Å². The van der Waals surface area contributed by atoms with Gasteiger partial charge in [0.1, 0.15) is 0 Å². The van der Waals surface area contributed by atoms with Crippen LogP contribution in [-0.4, -0.2) is 4.89 Å². The Morgan fingerprint density at radius 1 is 0.882 bits per heavy atom. The molecular formula is C12H10NdO3P+. The summed E-state index contributed by atoms with van der Waals surface area (Å²) in [6.45, 7) is 0. The first-order chi connectivity index (χ1) is 7.75. The van der Waals surface area contributed by atoms with Crippen LogP contribution in [0.1, 0.15) is 0 Å². The average Bonchev–Trinajstić information content (AvgIpc) is 2.30. The molecule has 2 aromatic rings. The van der Waals surface area contributed by atoms with Gasteiger partial charge in [0, 0.05) is 45.4 Å². The van der Waals surface area contributed by atoms with E-state index in [1.807, 2.05) is 42.5 Å². The first-order valence-corrected chi connectivity index (χ1v) is 5.88. The van der Waals surface area contributed by atoms with E-state index < -0.39 is 8.25 Å². The van der Waals surface area contributed by atoms with Crippen molar-refractivity contribution in [3.63, 3.8) is 0 Å². The summed E-state index contributed by atoms with van der Waals surface area (Å²) in [6, 6.07) is 16.9. The van der Waals surface area contributed by atoms with E-state index in [-0.39, 0.29) is 40.8 Å². The predicted octanol–water partition coefficient (Wildman–Crippen LogP) is 3.38. The van der Waals surface area contributed by atoms with Crippen LogP contribution in [0.2, 0.25) is 0 Å². The van der Waals surface area contributed by atoms with Gasteiger partial charge in [0.2, 0.25) is 0 Å². The number of benzene rings is 2. The quantitative estimate of drug-likeness (QED) is 0.835. The van der Waals surface area contributed by atoms with Crippen molar-refractivity contribution in [1.29, 1.82) is 0 Å². The Balaban J connectivity index is 0.00000144. The molecule has 0 aromatic heterocycles. The molecule has 5 heteroatoms. The normalized spacial score (nSPS) is 10.3. The molecule has 3 nitrogen and oxygen atoms in total. The van der Waals surface area contributed by atoms with E-state index in [0.29, 0.717) is 5.75 Å². The third-order valence-electron chi connectivity index (χ3n) is 2.14. The molecule has 1 N–H and O–H groups in total. The monoisotopic (exact) mass is 375 g/mol. The third kappa shape index (κ3) is 4.43. The molecular weight excluding hydrogens is 367 g/mol. The van der Waals surface area contributed by atoms with E-state index in [1.165, 1.54) is 0 Å². The Morgan fingerprint density at radius 2 is 1.41 bits per heavy atom. The van der Waals surface area contributed by atoms with Crippen molar-refractivity contribution in [3.8, 4) is 16.9 Å². The van der Waals surface area contributed by atoms with Gasteiger partial charge < -0.3 is 0 Å². The molecule has 0 radical (unpaired) electrons. The molecule has 0 fully saturated rings. The molecule has 17 heavy (non-hydrogen) atoms. The van der Waals surface area contributed by atoms with Crippen LogP contribution in [0.5, 0.6) is 5.75 Å².